The first-order valence-corrected chi connectivity index (χ1v) is 8.01. The molecule has 136 valence electrons. The van der Waals surface area contributed by atoms with Crippen molar-refractivity contribution in [2.24, 2.45) is 0 Å². The van der Waals surface area contributed by atoms with Crippen LogP contribution >= 0.6 is 0 Å². The van der Waals surface area contributed by atoms with Crippen molar-refractivity contribution in [3.05, 3.63) is 47.4 Å². The van der Waals surface area contributed by atoms with Gasteiger partial charge in [0.25, 0.3) is 0 Å². The monoisotopic (exact) mass is 351 g/mol. The largest absolute Gasteiger partial charge is 0.395 e. The number of aliphatic hydroxyl groups excluding tert-OH is 1. The Bertz CT molecular complexity index is 689. The third-order valence-electron chi connectivity index (χ3n) is 3.77. The van der Waals surface area contributed by atoms with E-state index in [0.717, 1.165) is 0 Å². The van der Waals surface area contributed by atoms with Crippen molar-refractivity contribution in [2.45, 2.75) is 32.4 Å². The first-order valence-electron chi connectivity index (χ1n) is 8.01. The quantitative estimate of drug-likeness (QED) is 0.783. The summed E-state index contributed by atoms with van der Waals surface area (Å²) in [4.78, 5) is 18.2. The molecule has 0 bridgehead atoms. The molecule has 8 heteroatoms. The van der Waals surface area contributed by atoms with E-state index in [0.29, 0.717) is 18.0 Å². The van der Waals surface area contributed by atoms with Crippen LogP contribution in [0.4, 0.5) is 4.39 Å². The lowest BCUT2D eigenvalue weighted by Gasteiger charge is -2.21. The fraction of sp³-hybridized carbons (Fsp3) is 0.471. The molecule has 0 radical (unpaired) electrons. The van der Waals surface area contributed by atoms with Crippen LogP contribution in [0.5, 0.6) is 0 Å². The summed E-state index contributed by atoms with van der Waals surface area (Å²) in [5, 5.41) is 13.4. The average molecular weight is 351 g/mol. The van der Waals surface area contributed by atoms with Gasteiger partial charge in [0.1, 0.15) is 11.9 Å². The van der Waals surface area contributed by atoms with Crippen LogP contribution in [0.15, 0.2) is 28.8 Å². The van der Waals surface area contributed by atoms with E-state index in [1.807, 2.05) is 13.8 Å². The number of aromatic nitrogens is 2. The summed E-state index contributed by atoms with van der Waals surface area (Å²) in [5.41, 5.74) is 0.539. The van der Waals surface area contributed by atoms with Gasteiger partial charge in [-0.25, -0.2) is 4.39 Å². The number of carbonyl (C=O) groups excluding carboxylic acids is 1. The molecule has 0 spiro atoms. The second kappa shape index (κ2) is 8.68. The van der Waals surface area contributed by atoms with Gasteiger partial charge in [0.15, 0.2) is 5.82 Å². The van der Waals surface area contributed by atoms with Crippen molar-refractivity contribution < 1.29 is 23.6 Å². The number of nitrogens with zero attached hydrogens (tertiary/aromatic N) is 3. The summed E-state index contributed by atoms with van der Waals surface area (Å²) in [6.07, 6.45) is -0.298. The molecule has 25 heavy (non-hydrogen) atoms. The van der Waals surface area contributed by atoms with Crippen molar-refractivity contribution in [3.63, 3.8) is 0 Å². The zero-order valence-corrected chi connectivity index (χ0v) is 14.5. The highest BCUT2D eigenvalue weighted by Gasteiger charge is 2.25. The molecule has 7 nitrogen and oxygen atoms in total. The molecule has 2 rings (SSSR count). The molecule has 1 heterocycles. The number of likely N-dealkylation sites (N-methyl/N-ethyl adjacent to an activating group) is 1. The molecule has 1 aromatic carbocycles. The van der Waals surface area contributed by atoms with E-state index in [1.165, 1.54) is 29.2 Å². The van der Waals surface area contributed by atoms with Gasteiger partial charge >= 0.3 is 0 Å². The van der Waals surface area contributed by atoms with E-state index in [-0.39, 0.29) is 31.1 Å². The smallest absolute Gasteiger partial charge is 0.246 e. The highest BCUT2D eigenvalue weighted by Crippen LogP contribution is 2.20. The van der Waals surface area contributed by atoms with Gasteiger partial charge in [-0.05, 0) is 31.5 Å². The standard InChI is InChI=1S/C17H22FN3O4/c1-4-24-11(2)16-19-15(25-20-16)9-21(3)17(23)14(10-22)12-5-7-13(18)8-6-12/h5-8,11,14,22H,4,9-10H2,1-3H3. The number of aliphatic hydroxyl groups is 1. The highest BCUT2D eigenvalue weighted by molar-refractivity contribution is 5.83. The number of ether oxygens (including phenoxy) is 1. The van der Waals surface area contributed by atoms with Crippen LogP contribution < -0.4 is 0 Å². The first kappa shape index (κ1) is 19.0. The van der Waals surface area contributed by atoms with E-state index < -0.39 is 11.7 Å². The number of amides is 1. The summed E-state index contributed by atoms with van der Waals surface area (Å²) in [5.74, 6) is -0.826. The number of benzene rings is 1. The predicted octanol–water partition coefficient (Wildman–Crippen LogP) is 2.04. The molecule has 2 atom stereocenters. The van der Waals surface area contributed by atoms with Gasteiger partial charge in [0.2, 0.25) is 11.8 Å². The van der Waals surface area contributed by atoms with Gasteiger partial charge < -0.3 is 19.3 Å². The zero-order chi connectivity index (χ0) is 18.4. The van der Waals surface area contributed by atoms with Crippen LogP contribution in [-0.4, -0.2) is 46.3 Å². The number of rotatable bonds is 8. The minimum atomic E-state index is -0.782. The zero-order valence-electron chi connectivity index (χ0n) is 14.5. The van der Waals surface area contributed by atoms with Gasteiger partial charge in [0, 0.05) is 13.7 Å². The third kappa shape index (κ3) is 4.83. The molecule has 1 amide bonds. The average Bonchev–Trinajstić information content (AvgIpc) is 3.06. The van der Waals surface area contributed by atoms with Crippen molar-refractivity contribution in [1.29, 1.82) is 0 Å². The summed E-state index contributed by atoms with van der Waals surface area (Å²) in [7, 11) is 1.57. The molecule has 0 saturated heterocycles. The number of carbonyl (C=O) groups is 1. The second-order valence-electron chi connectivity index (χ2n) is 5.62. The Balaban J connectivity index is 2.04. The Morgan fingerprint density at radius 3 is 2.68 bits per heavy atom. The second-order valence-corrected chi connectivity index (χ2v) is 5.62. The topological polar surface area (TPSA) is 88.7 Å². The summed E-state index contributed by atoms with van der Waals surface area (Å²) in [6, 6.07) is 5.47. The molecular formula is C17H22FN3O4. The fourth-order valence-electron chi connectivity index (χ4n) is 2.39. The van der Waals surface area contributed by atoms with Gasteiger partial charge in [-0.1, -0.05) is 17.3 Å². The van der Waals surface area contributed by atoms with E-state index in [4.69, 9.17) is 9.26 Å². The fourth-order valence-corrected chi connectivity index (χ4v) is 2.39. The van der Waals surface area contributed by atoms with Gasteiger partial charge in [-0.3, -0.25) is 4.79 Å². The molecule has 0 aliphatic carbocycles. The molecule has 0 saturated carbocycles. The van der Waals surface area contributed by atoms with Crippen molar-refractivity contribution in [1.82, 2.24) is 15.0 Å². The molecule has 0 fully saturated rings. The van der Waals surface area contributed by atoms with Crippen LogP contribution in [0.25, 0.3) is 0 Å². The molecule has 2 unspecified atom stereocenters. The minimum absolute atomic E-state index is 0.0996. The van der Waals surface area contributed by atoms with Gasteiger partial charge in [0.05, 0.1) is 19.1 Å². The number of hydrogen-bond acceptors (Lipinski definition) is 6. The van der Waals surface area contributed by atoms with E-state index >= 15 is 0 Å². The van der Waals surface area contributed by atoms with Crippen LogP contribution in [0.2, 0.25) is 0 Å². The number of hydrogen-bond donors (Lipinski definition) is 1. The van der Waals surface area contributed by atoms with Crippen molar-refractivity contribution in [3.8, 4) is 0 Å². The molecule has 0 aliphatic heterocycles. The number of halogens is 1. The maximum atomic E-state index is 13.0. The van der Waals surface area contributed by atoms with E-state index in [1.54, 1.807) is 7.05 Å². The molecule has 1 aromatic heterocycles. The van der Waals surface area contributed by atoms with Crippen LogP contribution in [-0.2, 0) is 16.1 Å². The Labute approximate surface area is 145 Å². The summed E-state index contributed by atoms with van der Waals surface area (Å²) in [6.45, 7) is 3.92. The SMILES string of the molecule is CCOC(C)c1noc(CN(C)C(=O)C(CO)c2ccc(F)cc2)n1. The Morgan fingerprint density at radius 1 is 1.40 bits per heavy atom. The minimum Gasteiger partial charge on any atom is -0.395 e. The molecule has 1 N–H and O–H groups in total. The lowest BCUT2D eigenvalue weighted by molar-refractivity contribution is -0.133. The summed E-state index contributed by atoms with van der Waals surface area (Å²) >= 11 is 0. The Kier molecular flexibility index (Phi) is 6.60. The first-order chi connectivity index (χ1) is 12.0. The predicted molar refractivity (Wildman–Crippen MR) is 87.0 cm³/mol. The lowest BCUT2D eigenvalue weighted by atomic mass is 9.98. The van der Waals surface area contributed by atoms with Crippen molar-refractivity contribution in [2.75, 3.05) is 20.3 Å². The Morgan fingerprint density at radius 2 is 2.08 bits per heavy atom. The van der Waals surface area contributed by atoms with E-state index in [2.05, 4.69) is 10.1 Å². The normalized spacial score (nSPS) is 13.5. The van der Waals surface area contributed by atoms with Crippen LogP contribution in [0, 0.1) is 5.82 Å². The van der Waals surface area contributed by atoms with Gasteiger partial charge in [-0.15, -0.1) is 0 Å². The maximum absolute atomic E-state index is 13.0. The van der Waals surface area contributed by atoms with Crippen LogP contribution in [0.1, 0.15) is 43.1 Å². The van der Waals surface area contributed by atoms with Crippen LogP contribution in [0.3, 0.4) is 0 Å². The third-order valence-corrected chi connectivity index (χ3v) is 3.77. The molecule has 0 aliphatic rings. The highest BCUT2D eigenvalue weighted by atomic mass is 19.1. The lowest BCUT2D eigenvalue weighted by Crippen LogP contribution is -2.33. The van der Waals surface area contributed by atoms with Crippen molar-refractivity contribution >= 4 is 5.91 Å². The van der Waals surface area contributed by atoms with E-state index in [9.17, 15) is 14.3 Å². The molecule has 2 aromatic rings. The maximum Gasteiger partial charge on any atom is 0.246 e. The Hall–Kier alpha value is -2.32. The van der Waals surface area contributed by atoms with Gasteiger partial charge in [-0.2, -0.15) is 4.98 Å². The molecular weight excluding hydrogens is 329 g/mol. The summed E-state index contributed by atoms with van der Waals surface area (Å²) < 4.78 is 23.6.